The van der Waals surface area contributed by atoms with E-state index in [0.29, 0.717) is 23.4 Å². The predicted octanol–water partition coefficient (Wildman–Crippen LogP) is 3.41. The highest BCUT2D eigenvalue weighted by atomic mass is 32.2. The summed E-state index contributed by atoms with van der Waals surface area (Å²) >= 11 is 0. The number of rotatable bonds is 8. The van der Waals surface area contributed by atoms with Gasteiger partial charge < -0.3 is 5.73 Å². The Bertz CT molecular complexity index is 1360. The molecule has 0 aliphatic heterocycles. The van der Waals surface area contributed by atoms with Crippen molar-refractivity contribution < 1.29 is 8.42 Å². The van der Waals surface area contributed by atoms with Crippen LogP contribution in [0.2, 0.25) is 0 Å². The summed E-state index contributed by atoms with van der Waals surface area (Å²) in [5.74, 6) is 0.167. The molecule has 8 heteroatoms. The first-order chi connectivity index (χ1) is 16.0. The van der Waals surface area contributed by atoms with E-state index in [0.717, 1.165) is 11.1 Å². The van der Waals surface area contributed by atoms with Gasteiger partial charge in [-0.1, -0.05) is 72.8 Å². The summed E-state index contributed by atoms with van der Waals surface area (Å²) in [5.41, 5.74) is 9.46. The molecule has 2 N–H and O–H groups in total. The highest BCUT2D eigenvalue weighted by Gasteiger charge is 2.27. The Hall–Kier alpha value is -3.80. The quantitative estimate of drug-likeness (QED) is 0.434. The van der Waals surface area contributed by atoms with Gasteiger partial charge in [0, 0.05) is 0 Å². The molecule has 0 saturated carbocycles. The van der Waals surface area contributed by atoms with E-state index in [9.17, 15) is 8.42 Å². The van der Waals surface area contributed by atoms with Crippen LogP contribution in [0.3, 0.4) is 0 Å². The molecule has 1 atom stereocenters. The maximum absolute atomic E-state index is 13.3. The van der Waals surface area contributed by atoms with Crippen molar-refractivity contribution in [3.63, 3.8) is 0 Å². The maximum atomic E-state index is 13.3. The zero-order valence-corrected chi connectivity index (χ0v) is 18.7. The van der Waals surface area contributed by atoms with Crippen LogP contribution in [0.15, 0.2) is 90.1 Å². The Labute approximate surface area is 193 Å². The molecule has 0 unspecified atom stereocenters. The van der Waals surface area contributed by atoms with Crippen molar-refractivity contribution >= 4 is 9.84 Å². The van der Waals surface area contributed by atoms with E-state index in [1.54, 1.807) is 28.8 Å². The SMILES string of the molecule is N#Cc1ccc(CS(=O)(=O)c2nnc([C@@H](N)Cc3ccccc3)n2Cc2ccccc2)cc1. The van der Waals surface area contributed by atoms with E-state index in [1.165, 1.54) is 0 Å². The molecule has 0 aliphatic rings. The van der Waals surface area contributed by atoms with E-state index in [1.807, 2.05) is 66.7 Å². The highest BCUT2D eigenvalue weighted by molar-refractivity contribution is 7.90. The minimum Gasteiger partial charge on any atom is -0.321 e. The minimum atomic E-state index is -3.82. The Morgan fingerprint density at radius 2 is 1.45 bits per heavy atom. The Kier molecular flexibility index (Phi) is 6.63. The minimum absolute atomic E-state index is 0.116. The van der Waals surface area contributed by atoms with Gasteiger partial charge in [0.05, 0.1) is 30.0 Å². The zero-order valence-electron chi connectivity index (χ0n) is 17.9. The fraction of sp³-hybridized carbons (Fsp3) is 0.160. The monoisotopic (exact) mass is 457 g/mol. The van der Waals surface area contributed by atoms with Crippen LogP contribution in [-0.2, 0) is 28.6 Å². The van der Waals surface area contributed by atoms with Crippen LogP contribution in [0.4, 0.5) is 0 Å². The summed E-state index contributed by atoms with van der Waals surface area (Å²) in [6, 6.07) is 27.3. The van der Waals surface area contributed by atoms with Gasteiger partial charge in [0.1, 0.15) is 0 Å². The van der Waals surface area contributed by atoms with Gasteiger partial charge in [0.2, 0.25) is 15.0 Å². The van der Waals surface area contributed by atoms with E-state index in [2.05, 4.69) is 10.2 Å². The van der Waals surface area contributed by atoms with Crippen molar-refractivity contribution in [2.75, 3.05) is 0 Å². The van der Waals surface area contributed by atoms with Gasteiger partial charge in [-0.15, -0.1) is 10.2 Å². The molecule has 7 nitrogen and oxygen atoms in total. The number of nitriles is 1. The van der Waals surface area contributed by atoms with Crippen molar-refractivity contribution in [3.05, 3.63) is 113 Å². The van der Waals surface area contributed by atoms with Crippen molar-refractivity contribution in [1.29, 1.82) is 5.26 Å². The molecule has 4 aromatic rings. The first kappa shape index (κ1) is 22.4. The fourth-order valence-corrected chi connectivity index (χ4v) is 5.06. The lowest BCUT2D eigenvalue weighted by Crippen LogP contribution is -2.22. The lowest BCUT2D eigenvalue weighted by Gasteiger charge is -2.15. The second-order valence-corrected chi connectivity index (χ2v) is 9.66. The first-order valence-corrected chi connectivity index (χ1v) is 12.1. The Morgan fingerprint density at radius 3 is 2.06 bits per heavy atom. The van der Waals surface area contributed by atoms with Crippen LogP contribution >= 0.6 is 0 Å². The number of hydrogen-bond donors (Lipinski definition) is 1. The number of hydrogen-bond acceptors (Lipinski definition) is 6. The van der Waals surface area contributed by atoms with Gasteiger partial charge in [0.25, 0.3) is 0 Å². The van der Waals surface area contributed by atoms with Gasteiger partial charge in [-0.2, -0.15) is 5.26 Å². The van der Waals surface area contributed by atoms with E-state index < -0.39 is 15.9 Å². The number of benzene rings is 3. The standard InChI is InChI=1S/C25H23N5O2S/c26-16-20-11-13-22(14-12-20)18-33(31,32)25-29-28-24(23(27)15-19-7-3-1-4-8-19)30(25)17-21-9-5-2-6-10-21/h1-14,23H,15,17-18,27H2/t23-/m0/s1. The van der Waals surface area contributed by atoms with Crippen molar-refractivity contribution in [2.24, 2.45) is 5.73 Å². The molecule has 0 amide bonds. The zero-order chi connectivity index (χ0) is 23.3. The smallest absolute Gasteiger partial charge is 0.250 e. The van der Waals surface area contributed by atoms with Crippen LogP contribution in [0, 0.1) is 11.3 Å². The second kappa shape index (κ2) is 9.77. The summed E-state index contributed by atoms with van der Waals surface area (Å²) in [6.07, 6.45) is 0.503. The molecule has 0 fully saturated rings. The van der Waals surface area contributed by atoms with Crippen LogP contribution in [0.5, 0.6) is 0 Å². The third-order valence-electron chi connectivity index (χ3n) is 5.28. The van der Waals surface area contributed by atoms with Gasteiger partial charge in [-0.05, 0) is 35.2 Å². The molecule has 0 aliphatic carbocycles. The number of nitrogens with two attached hydrogens (primary N) is 1. The lowest BCUT2D eigenvalue weighted by atomic mass is 10.1. The molecule has 1 aromatic heterocycles. The molecule has 166 valence electrons. The Morgan fingerprint density at radius 1 is 0.848 bits per heavy atom. The predicted molar refractivity (Wildman–Crippen MR) is 125 cm³/mol. The van der Waals surface area contributed by atoms with Gasteiger partial charge >= 0.3 is 0 Å². The summed E-state index contributed by atoms with van der Waals surface area (Å²) in [6.45, 7) is 0.285. The molecule has 1 heterocycles. The molecule has 4 rings (SSSR count). The third-order valence-corrected chi connectivity index (χ3v) is 6.85. The fourth-order valence-electron chi connectivity index (χ4n) is 3.64. The maximum Gasteiger partial charge on any atom is 0.250 e. The van der Waals surface area contributed by atoms with Crippen molar-refractivity contribution in [1.82, 2.24) is 14.8 Å². The van der Waals surface area contributed by atoms with E-state index >= 15 is 0 Å². The summed E-state index contributed by atoms with van der Waals surface area (Å²) in [5, 5.41) is 17.1. The number of aromatic nitrogens is 3. The summed E-state index contributed by atoms with van der Waals surface area (Å²) in [4.78, 5) is 0. The molecule has 33 heavy (non-hydrogen) atoms. The van der Waals surface area contributed by atoms with E-state index in [4.69, 9.17) is 11.0 Å². The highest BCUT2D eigenvalue weighted by Crippen LogP contribution is 2.22. The van der Waals surface area contributed by atoms with Gasteiger partial charge in [0.15, 0.2) is 5.82 Å². The molecule has 3 aromatic carbocycles. The van der Waals surface area contributed by atoms with Crippen LogP contribution in [-0.4, -0.2) is 23.2 Å². The lowest BCUT2D eigenvalue weighted by molar-refractivity contribution is 0.553. The van der Waals surface area contributed by atoms with Crippen LogP contribution < -0.4 is 5.73 Å². The molecular formula is C25H23N5O2S. The molecule has 0 bridgehead atoms. The molecular weight excluding hydrogens is 434 g/mol. The third kappa shape index (κ3) is 5.34. The van der Waals surface area contributed by atoms with Gasteiger partial charge in [-0.25, -0.2) is 8.42 Å². The summed E-state index contributed by atoms with van der Waals surface area (Å²) in [7, 11) is -3.82. The number of sulfone groups is 1. The van der Waals surface area contributed by atoms with Gasteiger partial charge in [-0.3, -0.25) is 4.57 Å². The molecule has 0 saturated heterocycles. The first-order valence-electron chi connectivity index (χ1n) is 10.4. The Balaban J connectivity index is 1.69. The van der Waals surface area contributed by atoms with Crippen LogP contribution in [0.25, 0.3) is 0 Å². The number of nitrogens with zero attached hydrogens (tertiary/aromatic N) is 4. The topological polar surface area (TPSA) is 115 Å². The average Bonchev–Trinajstić information content (AvgIpc) is 3.25. The molecule has 0 spiro atoms. The van der Waals surface area contributed by atoms with Crippen molar-refractivity contribution in [3.8, 4) is 6.07 Å². The van der Waals surface area contributed by atoms with Crippen molar-refractivity contribution in [2.45, 2.75) is 29.9 Å². The van der Waals surface area contributed by atoms with Crippen LogP contribution in [0.1, 0.15) is 34.1 Å². The summed E-state index contributed by atoms with van der Waals surface area (Å²) < 4.78 is 28.3. The average molecular weight is 458 g/mol. The molecule has 0 radical (unpaired) electrons. The van der Waals surface area contributed by atoms with E-state index in [-0.39, 0.29) is 17.5 Å². The largest absolute Gasteiger partial charge is 0.321 e. The normalized spacial score (nSPS) is 12.2. The second-order valence-electron chi connectivity index (χ2n) is 7.78.